The molecule has 1 aliphatic heterocycles. The van der Waals surface area contributed by atoms with Crippen LogP contribution < -0.4 is 15.9 Å². The van der Waals surface area contributed by atoms with Crippen LogP contribution in [0.5, 0.6) is 17.2 Å². The van der Waals surface area contributed by atoms with Gasteiger partial charge < -0.3 is 45.1 Å². The van der Waals surface area contributed by atoms with Gasteiger partial charge in [0.1, 0.15) is 29.0 Å². The molecule has 0 radical (unpaired) electrons. The number of ketones is 3. The van der Waals surface area contributed by atoms with Gasteiger partial charge in [-0.3, -0.25) is 19.2 Å². The zero-order chi connectivity index (χ0) is 38.0. The predicted octanol–water partition coefficient (Wildman–Crippen LogP) is 2.41. The summed E-state index contributed by atoms with van der Waals surface area (Å²) in [5.74, 6) is -3.73. The quantitative estimate of drug-likeness (QED) is 0.0761. The van der Waals surface area contributed by atoms with Crippen molar-refractivity contribution < 1.29 is 58.6 Å². The van der Waals surface area contributed by atoms with E-state index in [0.717, 1.165) is 32.1 Å². The molecule has 3 aliphatic carbocycles. The van der Waals surface area contributed by atoms with Gasteiger partial charge in [-0.05, 0) is 45.1 Å². The Bertz CT molecular complexity index is 1840. The largest absolute Gasteiger partial charge is 0.507 e. The van der Waals surface area contributed by atoms with Crippen molar-refractivity contribution in [3.05, 3.63) is 63.7 Å². The number of nitrogens with two attached hydrogens (primary N) is 1. The maximum Gasteiger partial charge on any atom is 0.242 e. The van der Waals surface area contributed by atoms with Gasteiger partial charge >= 0.3 is 0 Å². The number of hydrogen-bond donors (Lipinski definition) is 6. The molecule has 1 saturated heterocycles. The molecule has 0 bridgehead atoms. The predicted molar refractivity (Wildman–Crippen MR) is 188 cm³/mol. The molecule has 6 rings (SSSR count). The molecule has 284 valence electrons. The number of fused-ring (bicyclic) bond motifs is 3. The second-order valence-electron chi connectivity index (χ2n) is 13.8. The Balaban J connectivity index is 1.33. The molecule has 7 N–H and O–H groups in total. The topological polar surface area (TPSA) is 237 Å². The van der Waals surface area contributed by atoms with Gasteiger partial charge in [0, 0.05) is 36.0 Å². The first-order chi connectivity index (χ1) is 25.4. The molecule has 4 aliphatic rings. The monoisotopic (exact) mass is 735 g/mol. The highest BCUT2D eigenvalue weighted by Gasteiger charge is 2.49. The summed E-state index contributed by atoms with van der Waals surface area (Å²) in [5.41, 5.74) is 4.56. The Morgan fingerprint density at radius 2 is 1.83 bits per heavy atom. The standard InChI is InChI=1S/C38H45N3O12/c1-19-33(44)23(39)15-28(52-19)53-25-17-38(49,26(18-42)40-41-27(43)13-14-51-20-9-6-4-3-5-7-10-20)16-22-30(25)37(48)32-31(35(22)46)34(45)21-11-8-12-24(50-2)29(21)36(32)47/h3-4,8,11-12,19-20,23,25,28,42,46,48-49H,5-7,9-10,13-18,39H2,1-2H3,(H,41,43)/b4-3?,40-26-/t19-,20?,23-,25-,28-,38-/m0/s1. The minimum atomic E-state index is -2.14. The number of nitrogens with zero attached hydrogens (tertiary/aromatic N) is 1. The molecule has 2 aromatic rings. The molecule has 1 heterocycles. The molecule has 2 aromatic carbocycles. The lowest BCUT2D eigenvalue weighted by molar-refractivity contribution is -0.219. The first-order valence-corrected chi connectivity index (χ1v) is 17.8. The van der Waals surface area contributed by atoms with Gasteiger partial charge in [0.2, 0.25) is 11.7 Å². The van der Waals surface area contributed by atoms with Crippen molar-refractivity contribution in [3.8, 4) is 17.2 Å². The van der Waals surface area contributed by atoms with Crippen molar-refractivity contribution in [2.45, 2.75) is 101 Å². The van der Waals surface area contributed by atoms with Crippen LogP contribution in [0.25, 0.3) is 0 Å². The number of phenolic OH excluding ortho intramolecular Hbond substituents is 2. The molecule has 1 fully saturated rings. The van der Waals surface area contributed by atoms with Crippen molar-refractivity contribution >= 4 is 29.0 Å². The number of rotatable bonds is 10. The second-order valence-corrected chi connectivity index (χ2v) is 13.8. The summed E-state index contributed by atoms with van der Waals surface area (Å²) in [6, 6.07) is 3.44. The van der Waals surface area contributed by atoms with Crippen LogP contribution in [0.2, 0.25) is 0 Å². The number of carbonyl (C=O) groups excluding carboxylic acids is 4. The smallest absolute Gasteiger partial charge is 0.242 e. The Hall–Kier alpha value is -4.51. The Morgan fingerprint density at radius 3 is 2.57 bits per heavy atom. The lowest BCUT2D eigenvalue weighted by atomic mass is 9.71. The van der Waals surface area contributed by atoms with Crippen LogP contribution >= 0.6 is 0 Å². The molecule has 6 atom stereocenters. The van der Waals surface area contributed by atoms with Gasteiger partial charge in [-0.25, -0.2) is 5.43 Å². The molecule has 15 heteroatoms. The van der Waals surface area contributed by atoms with Crippen LogP contribution in [0.4, 0.5) is 0 Å². The molecule has 1 unspecified atom stereocenters. The van der Waals surface area contributed by atoms with Crippen LogP contribution in [-0.4, -0.2) is 99.9 Å². The van der Waals surface area contributed by atoms with E-state index in [2.05, 4.69) is 22.7 Å². The van der Waals surface area contributed by atoms with Gasteiger partial charge in [-0.15, -0.1) is 0 Å². The third-order valence-corrected chi connectivity index (χ3v) is 10.4. The molecule has 0 saturated carbocycles. The van der Waals surface area contributed by atoms with E-state index in [-0.39, 0.29) is 65.1 Å². The number of phenols is 2. The summed E-state index contributed by atoms with van der Waals surface area (Å²) < 4.78 is 23.2. The number of aromatic hydroxyl groups is 2. The Labute approximate surface area is 305 Å². The van der Waals surface area contributed by atoms with Gasteiger partial charge in [-0.2, -0.15) is 5.10 Å². The number of benzene rings is 2. The van der Waals surface area contributed by atoms with E-state index in [9.17, 15) is 39.6 Å². The number of ether oxygens (including phenoxy) is 4. The molecule has 1 amide bonds. The van der Waals surface area contributed by atoms with Crippen LogP contribution in [0, 0.1) is 0 Å². The average molecular weight is 736 g/mol. The van der Waals surface area contributed by atoms with Crippen molar-refractivity contribution in [1.82, 2.24) is 5.43 Å². The first kappa shape index (κ1) is 38.2. The van der Waals surface area contributed by atoms with Gasteiger partial charge in [0.05, 0.1) is 67.4 Å². The summed E-state index contributed by atoms with van der Waals surface area (Å²) in [7, 11) is 1.33. The number of carbonyl (C=O) groups is 4. The normalized spacial score (nSPS) is 27.3. The van der Waals surface area contributed by atoms with Crippen LogP contribution in [0.3, 0.4) is 0 Å². The number of Topliss-reactive ketones (excluding diaryl/α,β-unsaturated/α-hetero) is 1. The first-order valence-electron chi connectivity index (χ1n) is 17.8. The maximum atomic E-state index is 14.0. The summed E-state index contributed by atoms with van der Waals surface area (Å²) in [6.45, 7) is 0.794. The zero-order valence-corrected chi connectivity index (χ0v) is 29.6. The zero-order valence-electron chi connectivity index (χ0n) is 29.6. The maximum absolute atomic E-state index is 14.0. The van der Waals surface area contributed by atoms with Crippen molar-refractivity contribution in [2.75, 3.05) is 20.3 Å². The number of allylic oxidation sites excluding steroid dienone is 2. The number of methoxy groups -OCH3 is 1. The van der Waals surface area contributed by atoms with Crippen LogP contribution in [0.1, 0.15) is 107 Å². The fraction of sp³-hybridized carbons (Fsp3) is 0.500. The Morgan fingerprint density at radius 1 is 1.08 bits per heavy atom. The summed E-state index contributed by atoms with van der Waals surface area (Å²) in [6.07, 6.45) is 4.36. The average Bonchev–Trinajstić information content (AvgIpc) is 3.11. The molecule has 0 spiro atoms. The van der Waals surface area contributed by atoms with Gasteiger partial charge in [0.25, 0.3) is 0 Å². The summed E-state index contributed by atoms with van der Waals surface area (Å²) in [5, 5.41) is 50.2. The van der Waals surface area contributed by atoms with Gasteiger partial charge in [-0.1, -0.05) is 24.3 Å². The minimum Gasteiger partial charge on any atom is -0.507 e. The van der Waals surface area contributed by atoms with E-state index < -0.39 is 89.7 Å². The fourth-order valence-corrected chi connectivity index (χ4v) is 7.58. The number of aliphatic hydroxyl groups excluding tert-OH is 1. The lowest BCUT2D eigenvalue weighted by Crippen LogP contribution is -2.51. The van der Waals surface area contributed by atoms with Crippen molar-refractivity contribution in [1.29, 1.82) is 0 Å². The van der Waals surface area contributed by atoms with E-state index in [1.165, 1.54) is 32.2 Å². The number of hydrogen-bond acceptors (Lipinski definition) is 14. The Kier molecular flexibility index (Phi) is 11.4. The summed E-state index contributed by atoms with van der Waals surface area (Å²) in [4.78, 5) is 53.0. The molecule has 0 aromatic heterocycles. The molecular formula is C38H45N3O12. The molecule has 53 heavy (non-hydrogen) atoms. The number of nitrogens with one attached hydrogen (secondary N) is 1. The van der Waals surface area contributed by atoms with E-state index in [1.807, 2.05) is 0 Å². The van der Waals surface area contributed by atoms with Crippen LogP contribution in [0.15, 0.2) is 35.5 Å². The summed E-state index contributed by atoms with van der Waals surface area (Å²) >= 11 is 0. The van der Waals surface area contributed by atoms with E-state index in [1.54, 1.807) is 0 Å². The third-order valence-electron chi connectivity index (χ3n) is 10.4. The highest BCUT2D eigenvalue weighted by Crippen LogP contribution is 2.52. The number of amides is 1. The lowest BCUT2D eigenvalue weighted by Gasteiger charge is -2.42. The van der Waals surface area contributed by atoms with Crippen molar-refractivity contribution in [2.24, 2.45) is 10.8 Å². The fourth-order valence-electron chi connectivity index (χ4n) is 7.58. The molecule has 15 nitrogen and oxygen atoms in total. The van der Waals surface area contributed by atoms with E-state index in [0.29, 0.717) is 0 Å². The van der Waals surface area contributed by atoms with Crippen molar-refractivity contribution in [3.63, 3.8) is 0 Å². The number of aliphatic hydroxyl groups is 2. The second kappa shape index (κ2) is 15.8. The minimum absolute atomic E-state index is 0.0283. The van der Waals surface area contributed by atoms with Crippen LogP contribution in [-0.2, 0) is 30.2 Å². The van der Waals surface area contributed by atoms with Gasteiger partial charge in [0.15, 0.2) is 17.9 Å². The third kappa shape index (κ3) is 7.50. The van der Waals surface area contributed by atoms with E-state index >= 15 is 0 Å². The highest BCUT2D eigenvalue weighted by molar-refractivity contribution is 6.31. The highest BCUT2D eigenvalue weighted by atomic mass is 16.7. The van der Waals surface area contributed by atoms with E-state index in [4.69, 9.17) is 24.7 Å². The number of hydrazone groups is 1. The molecular weight excluding hydrogens is 690 g/mol. The SMILES string of the molecule is COc1cccc2c1C(=O)c1c(O)c3c(c(O)c1C2=O)C[C@@](O)(/C(CO)=N\NC(=O)CCOC1CCC=CCCC1)C[C@@H]3O[C@H]1C[C@H](N)C(=O)[C@H](C)O1.